The van der Waals surface area contributed by atoms with Crippen molar-refractivity contribution in [3.05, 3.63) is 52.6 Å². The van der Waals surface area contributed by atoms with Crippen LogP contribution in [-0.4, -0.2) is 23.1 Å². The molecule has 2 heterocycles. The van der Waals surface area contributed by atoms with Gasteiger partial charge in [0.25, 0.3) is 5.91 Å². The van der Waals surface area contributed by atoms with Crippen LogP contribution in [0.1, 0.15) is 28.7 Å². The highest BCUT2D eigenvalue weighted by molar-refractivity contribution is 7.97. The summed E-state index contributed by atoms with van der Waals surface area (Å²) in [6.45, 7) is 3.08. The highest BCUT2D eigenvalue weighted by Crippen LogP contribution is 2.35. The van der Waals surface area contributed by atoms with Crippen molar-refractivity contribution < 1.29 is 35.9 Å². The Hall–Kier alpha value is -2.44. The number of halogens is 6. The lowest BCUT2D eigenvalue weighted by Gasteiger charge is -2.16. The molecule has 1 aromatic carbocycles. The van der Waals surface area contributed by atoms with E-state index in [-0.39, 0.29) is 11.4 Å². The first-order valence-electron chi connectivity index (χ1n) is 8.50. The molecule has 1 aliphatic rings. The molecule has 0 aliphatic carbocycles. The van der Waals surface area contributed by atoms with Crippen molar-refractivity contribution in [3.63, 3.8) is 0 Å². The largest absolute Gasteiger partial charge is 0.524 e. The summed E-state index contributed by atoms with van der Waals surface area (Å²) in [5, 5.41) is 2.31. The van der Waals surface area contributed by atoms with Crippen molar-refractivity contribution in [3.8, 4) is 0 Å². The molecular weight excluding hydrogens is 436 g/mol. The van der Waals surface area contributed by atoms with Crippen LogP contribution < -0.4 is 10.0 Å². The Balaban J connectivity index is 1.83. The normalized spacial score (nSPS) is 14.1. The van der Waals surface area contributed by atoms with Gasteiger partial charge >= 0.3 is 6.36 Å². The van der Waals surface area contributed by atoms with Gasteiger partial charge in [0.05, 0.1) is 10.6 Å². The second kappa shape index (κ2) is 8.36. The van der Waals surface area contributed by atoms with E-state index in [1.165, 1.54) is 6.92 Å². The number of rotatable bonds is 6. The molecule has 2 N–H and O–H groups in total. The van der Waals surface area contributed by atoms with Crippen LogP contribution >= 0.6 is 11.9 Å². The SMILES string of the molecule is Cc1c(SNC(C)OC(F)(F)F)c2n(c1C(=O)Nc1cc(F)c(F)c(F)c1)CC=C2. The third kappa shape index (κ3) is 4.65. The molecule has 2 aromatic rings. The van der Waals surface area contributed by atoms with Gasteiger partial charge in [-0.05, 0) is 37.4 Å². The Morgan fingerprint density at radius 1 is 1.23 bits per heavy atom. The number of hydrogen-bond donors (Lipinski definition) is 2. The molecule has 0 bridgehead atoms. The fourth-order valence-corrected chi connectivity index (χ4v) is 3.84. The molecule has 0 radical (unpaired) electrons. The number of allylic oxidation sites excluding steroid dienone is 1. The summed E-state index contributed by atoms with van der Waals surface area (Å²) in [6.07, 6.45) is -2.74. The smallest absolute Gasteiger partial charge is 0.332 e. The van der Waals surface area contributed by atoms with Gasteiger partial charge in [-0.15, -0.1) is 13.2 Å². The highest BCUT2D eigenvalue weighted by Gasteiger charge is 2.32. The molecule has 30 heavy (non-hydrogen) atoms. The minimum absolute atomic E-state index is 0.147. The number of alkyl halides is 3. The van der Waals surface area contributed by atoms with Crippen LogP contribution in [0, 0.1) is 24.4 Å². The quantitative estimate of drug-likeness (QED) is 0.282. The lowest BCUT2D eigenvalue weighted by atomic mass is 10.2. The molecule has 12 heteroatoms. The van der Waals surface area contributed by atoms with E-state index in [9.17, 15) is 31.1 Å². The summed E-state index contributed by atoms with van der Waals surface area (Å²) in [7, 11) is 0. The molecule has 0 saturated heterocycles. The Labute approximate surface area is 171 Å². The minimum Gasteiger partial charge on any atom is -0.332 e. The van der Waals surface area contributed by atoms with Crippen molar-refractivity contribution in [1.29, 1.82) is 0 Å². The van der Waals surface area contributed by atoms with Gasteiger partial charge in [0.15, 0.2) is 17.5 Å². The number of amides is 1. The number of aromatic nitrogens is 1. The molecule has 1 atom stereocenters. The average molecular weight is 451 g/mol. The van der Waals surface area contributed by atoms with Crippen LogP contribution in [0.2, 0.25) is 0 Å². The molecule has 1 unspecified atom stereocenters. The van der Waals surface area contributed by atoms with E-state index >= 15 is 0 Å². The second-order valence-corrected chi connectivity index (χ2v) is 7.18. The van der Waals surface area contributed by atoms with Crippen molar-refractivity contribution >= 4 is 29.6 Å². The number of fused-ring (bicyclic) bond motifs is 1. The molecule has 1 amide bonds. The van der Waals surface area contributed by atoms with Gasteiger partial charge in [0.2, 0.25) is 0 Å². The predicted molar refractivity (Wildman–Crippen MR) is 98.1 cm³/mol. The Bertz CT molecular complexity index is 995. The lowest BCUT2D eigenvalue weighted by molar-refractivity contribution is -0.341. The number of benzene rings is 1. The summed E-state index contributed by atoms with van der Waals surface area (Å²) >= 11 is 0.856. The van der Waals surface area contributed by atoms with E-state index in [0.717, 1.165) is 11.9 Å². The zero-order chi connectivity index (χ0) is 22.2. The van der Waals surface area contributed by atoms with E-state index in [1.54, 1.807) is 23.6 Å². The van der Waals surface area contributed by atoms with Crippen LogP contribution in [0.4, 0.5) is 32.0 Å². The fourth-order valence-electron chi connectivity index (χ4n) is 2.98. The van der Waals surface area contributed by atoms with Crippen LogP contribution in [0.25, 0.3) is 6.08 Å². The monoisotopic (exact) mass is 451 g/mol. The Morgan fingerprint density at radius 2 is 1.87 bits per heavy atom. The van der Waals surface area contributed by atoms with Crippen molar-refractivity contribution in [2.75, 3.05) is 5.32 Å². The molecule has 1 aliphatic heterocycles. The maximum atomic E-state index is 13.4. The average Bonchev–Trinajstić information content (AvgIpc) is 3.16. The van der Waals surface area contributed by atoms with Crippen molar-refractivity contribution in [2.45, 2.75) is 37.9 Å². The molecule has 1 aromatic heterocycles. The van der Waals surface area contributed by atoms with Crippen molar-refractivity contribution in [1.82, 2.24) is 9.29 Å². The Morgan fingerprint density at radius 3 is 2.47 bits per heavy atom. The third-order valence-electron chi connectivity index (χ3n) is 4.15. The van der Waals surface area contributed by atoms with Gasteiger partial charge in [-0.1, -0.05) is 6.08 Å². The third-order valence-corrected chi connectivity index (χ3v) is 5.32. The first-order chi connectivity index (χ1) is 14.0. The fraction of sp³-hybridized carbons (Fsp3) is 0.278. The zero-order valence-electron chi connectivity index (χ0n) is 15.5. The van der Waals surface area contributed by atoms with E-state index < -0.39 is 35.9 Å². The number of nitrogens with one attached hydrogen (secondary N) is 2. The van der Waals surface area contributed by atoms with Crippen LogP contribution in [0.5, 0.6) is 0 Å². The van der Waals surface area contributed by atoms with Gasteiger partial charge in [-0.3, -0.25) is 9.53 Å². The van der Waals surface area contributed by atoms with E-state index in [1.807, 2.05) is 0 Å². The number of nitrogens with zero attached hydrogens (tertiary/aromatic N) is 1. The van der Waals surface area contributed by atoms with Crippen LogP contribution in [-0.2, 0) is 11.3 Å². The maximum Gasteiger partial charge on any atom is 0.524 e. The maximum absolute atomic E-state index is 13.4. The molecular formula is C18H15F6N3O2S. The van der Waals surface area contributed by atoms with E-state index in [2.05, 4.69) is 14.8 Å². The van der Waals surface area contributed by atoms with Gasteiger partial charge < -0.3 is 9.88 Å². The second-order valence-electron chi connectivity index (χ2n) is 6.33. The topological polar surface area (TPSA) is 55.3 Å². The number of carbonyl (C=O) groups excluding carboxylic acids is 1. The number of anilines is 1. The zero-order valence-corrected chi connectivity index (χ0v) is 16.4. The molecule has 5 nitrogen and oxygen atoms in total. The summed E-state index contributed by atoms with van der Waals surface area (Å²) in [4.78, 5) is 13.2. The molecule has 0 saturated carbocycles. The number of ether oxygens (including phenoxy) is 1. The summed E-state index contributed by atoms with van der Waals surface area (Å²) < 4.78 is 84.8. The van der Waals surface area contributed by atoms with Gasteiger partial charge in [-0.25, -0.2) is 17.9 Å². The summed E-state index contributed by atoms with van der Waals surface area (Å²) in [5.41, 5.74) is 0.878. The number of carbonyl (C=O) groups is 1. The molecule has 0 spiro atoms. The highest BCUT2D eigenvalue weighted by atomic mass is 32.2. The molecule has 3 rings (SSSR count). The predicted octanol–water partition coefficient (Wildman–Crippen LogP) is 4.97. The lowest BCUT2D eigenvalue weighted by Crippen LogP contribution is -2.30. The number of hydrogen-bond acceptors (Lipinski definition) is 4. The standard InChI is InChI=1S/C18H15F6N3O2S/c1-8-15(17(28)25-10-6-11(19)14(21)12(20)7-10)27-5-3-4-13(27)16(8)30-26-9(2)29-18(22,23)24/h3-4,6-7,9,26H,5H2,1-2H3,(H,25,28). The first-order valence-corrected chi connectivity index (χ1v) is 9.32. The molecule has 0 fully saturated rings. The van der Waals surface area contributed by atoms with E-state index in [4.69, 9.17) is 0 Å². The summed E-state index contributed by atoms with van der Waals surface area (Å²) in [6, 6.07) is 1.29. The van der Waals surface area contributed by atoms with Gasteiger partial charge in [0.1, 0.15) is 11.9 Å². The van der Waals surface area contributed by atoms with Gasteiger partial charge in [0, 0.05) is 24.4 Å². The minimum atomic E-state index is -4.81. The van der Waals surface area contributed by atoms with Crippen molar-refractivity contribution in [2.24, 2.45) is 0 Å². The molecule has 162 valence electrons. The van der Waals surface area contributed by atoms with Crippen LogP contribution in [0.15, 0.2) is 23.1 Å². The van der Waals surface area contributed by atoms with Crippen LogP contribution in [0.3, 0.4) is 0 Å². The first kappa shape index (κ1) is 22.2. The van der Waals surface area contributed by atoms with E-state index in [0.29, 0.717) is 34.8 Å². The van der Waals surface area contributed by atoms with Gasteiger partial charge in [-0.2, -0.15) is 0 Å². The Kier molecular flexibility index (Phi) is 6.20. The summed E-state index contributed by atoms with van der Waals surface area (Å²) in [5.74, 6) is -5.28.